The Hall–Kier alpha value is -7.74. The van der Waals surface area contributed by atoms with Gasteiger partial charge in [-0.25, -0.2) is 0 Å². The Morgan fingerprint density at radius 1 is 0.237 bits per heavy atom. The molecule has 0 saturated heterocycles. The molecule has 0 unspecified atom stereocenters. The minimum Gasteiger partial charge on any atom is -0.316 e. The summed E-state index contributed by atoms with van der Waals surface area (Å²) in [6.07, 6.45) is 2.35. The van der Waals surface area contributed by atoms with Gasteiger partial charge in [0.1, 0.15) is 0 Å². The van der Waals surface area contributed by atoms with E-state index in [1.54, 1.807) is 0 Å². The van der Waals surface area contributed by atoms with Gasteiger partial charge in [0.15, 0.2) is 0 Å². The lowest BCUT2D eigenvalue weighted by atomic mass is 9.92. The van der Waals surface area contributed by atoms with Crippen molar-refractivity contribution in [1.29, 1.82) is 0 Å². The van der Waals surface area contributed by atoms with Gasteiger partial charge in [-0.3, -0.25) is 0 Å². The van der Waals surface area contributed by atoms with Crippen LogP contribution in [-0.2, 0) is 0 Å². The molecule has 0 bridgehead atoms. The summed E-state index contributed by atoms with van der Waals surface area (Å²) in [7, 11) is 0. The second-order valence-corrected chi connectivity index (χ2v) is 15.4. The van der Waals surface area contributed by atoms with Crippen LogP contribution in [0.3, 0.4) is 0 Å². The Bertz CT molecular complexity index is 3170. The lowest BCUT2D eigenvalue weighted by molar-refractivity contribution is 1.13. The minimum atomic E-state index is 1.12. The second kappa shape index (κ2) is 14.6. The van der Waals surface area contributed by atoms with Gasteiger partial charge in [-0.05, 0) is 113 Å². The molecule has 1 heterocycles. The average Bonchev–Trinajstić information content (AvgIpc) is 3.71. The maximum Gasteiger partial charge on any atom is 0.0535 e. The third-order valence-corrected chi connectivity index (χ3v) is 11.8. The smallest absolute Gasteiger partial charge is 0.0535 e. The van der Waals surface area contributed by atoms with Crippen molar-refractivity contribution >= 4 is 32.4 Å². The molecule has 0 aliphatic heterocycles. The van der Waals surface area contributed by atoms with Crippen molar-refractivity contribution < 1.29 is 0 Å². The standard InChI is InChI=1S/C58H39N/c1-3-13-40(14-4-1)42-25-27-44(28-26-42)48-33-34-58-56(38-48)57(47-31-29-43(30-32-47)41-15-5-2-6-16-41)39-59(58)51-36-49(54-23-11-19-45-17-7-9-21-52(45)54)35-50(37-51)55-24-12-20-46-18-8-10-22-53(46)55/h1-39H. The summed E-state index contributed by atoms with van der Waals surface area (Å²) in [6, 6.07) is 84.0. The molecular formula is C58H39N. The summed E-state index contributed by atoms with van der Waals surface area (Å²) in [5, 5.41) is 6.17. The molecule has 1 heteroatoms. The van der Waals surface area contributed by atoms with E-state index in [0.29, 0.717) is 0 Å². The zero-order valence-electron chi connectivity index (χ0n) is 32.5. The number of hydrogen-bond acceptors (Lipinski definition) is 0. The highest BCUT2D eigenvalue weighted by Crippen LogP contribution is 2.41. The van der Waals surface area contributed by atoms with Crippen molar-refractivity contribution in [3.05, 3.63) is 237 Å². The van der Waals surface area contributed by atoms with Gasteiger partial charge >= 0.3 is 0 Å². The fraction of sp³-hybridized carbons (Fsp3) is 0. The van der Waals surface area contributed by atoms with Crippen molar-refractivity contribution in [2.24, 2.45) is 0 Å². The molecule has 0 atom stereocenters. The molecule has 276 valence electrons. The third-order valence-electron chi connectivity index (χ3n) is 11.8. The van der Waals surface area contributed by atoms with E-state index in [9.17, 15) is 0 Å². The maximum atomic E-state index is 2.40. The Morgan fingerprint density at radius 2 is 0.661 bits per heavy atom. The maximum absolute atomic E-state index is 2.40. The predicted molar refractivity (Wildman–Crippen MR) is 251 cm³/mol. The van der Waals surface area contributed by atoms with Gasteiger partial charge in [0.2, 0.25) is 0 Å². The SMILES string of the molecule is c1ccc(-c2ccc(-c3ccc4c(c3)c(-c3ccc(-c5ccccc5)cc3)cn4-c3cc(-c4cccc5ccccc45)cc(-c4cccc5ccccc45)c3)cc2)cc1. The van der Waals surface area contributed by atoms with Crippen molar-refractivity contribution in [2.75, 3.05) is 0 Å². The highest BCUT2D eigenvalue weighted by Gasteiger charge is 2.17. The molecule has 11 aromatic rings. The molecular weight excluding hydrogens is 711 g/mol. The van der Waals surface area contributed by atoms with Gasteiger partial charge in [0.25, 0.3) is 0 Å². The zero-order valence-corrected chi connectivity index (χ0v) is 32.5. The Labute approximate surface area is 344 Å². The minimum absolute atomic E-state index is 1.12. The van der Waals surface area contributed by atoms with Crippen LogP contribution in [-0.4, -0.2) is 4.57 Å². The summed E-state index contributed by atoms with van der Waals surface area (Å²) in [6.45, 7) is 0. The highest BCUT2D eigenvalue weighted by molar-refractivity contribution is 6.03. The quantitative estimate of drug-likeness (QED) is 0.153. The first-order chi connectivity index (χ1) is 29.2. The molecule has 10 aromatic carbocycles. The van der Waals surface area contributed by atoms with Crippen molar-refractivity contribution in [1.82, 2.24) is 4.57 Å². The van der Waals surface area contributed by atoms with Crippen LogP contribution in [0.1, 0.15) is 0 Å². The van der Waals surface area contributed by atoms with Crippen LogP contribution in [0.5, 0.6) is 0 Å². The fourth-order valence-corrected chi connectivity index (χ4v) is 8.83. The van der Waals surface area contributed by atoms with Crippen LogP contribution in [0, 0.1) is 0 Å². The Kier molecular flexibility index (Phi) is 8.56. The van der Waals surface area contributed by atoms with E-state index in [1.165, 1.54) is 93.7 Å². The molecule has 0 aliphatic rings. The fourth-order valence-electron chi connectivity index (χ4n) is 8.83. The molecule has 0 fully saturated rings. The topological polar surface area (TPSA) is 4.93 Å². The highest BCUT2D eigenvalue weighted by atomic mass is 15.0. The molecule has 0 spiro atoms. The second-order valence-electron chi connectivity index (χ2n) is 15.4. The van der Waals surface area contributed by atoms with Crippen LogP contribution in [0.15, 0.2) is 237 Å². The lowest BCUT2D eigenvalue weighted by Crippen LogP contribution is -1.95. The summed E-state index contributed by atoms with van der Waals surface area (Å²) in [5.41, 5.74) is 16.7. The van der Waals surface area contributed by atoms with Crippen molar-refractivity contribution in [3.63, 3.8) is 0 Å². The number of aromatic nitrogens is 1. The monoisotopic (exact) mass is 749 g/mol. The molecule has 0 radical (unpaired) electrons. The number of hydrogen-bond donors (Lipinski definition) is 0. The normalized spacial score (nSPS) is 11.4. The zero-order chi connectivity index (χ0) is 39.1. The van der Waals surface area contributed by atoms with Crippen LogP contribution < -0.4 is 0 Å². The molecule has 0 saturated carbocycles. The van der Waals surface area contributed by atoms with Crippen molar-refractivity contribution in [3.8, 4) is 72.4 Å². The van der Waals surface area contributed by atoms with Gasteiger partial charge in [0.05, 0.1) is 5.52 Å². The van der Waals surface area contributed by atoms with E-state index in [2.05, 4.69) is 241 Å². The van der Waals surface area contributed by atoms with Crippen LogP contribution in [0.2, 0.25) is 0 Å². The van der Waals surface area contributed by atoms with Gasteiger partial charge < -0.3 is 4.57 Å². The van der Waals surface area contributed by atoms with E-state index in [4.69, 9.17) is 0 Å². The van der Waals surface area contributed by atoms with Gasteiger partial charge in [0, 0.05) is 22.8 Å². The average molecular weight is 750 g/mol. The molecule has 11 rings (SSSR count). The van der Waals surface area contributed by atoms with E-state index < -0.39 is 0 Å². The summed E-state index contributed by atoms with van der Waals surface area (Å²) < 4.78 is 2.40. The molecule has 0 aliphatic carbocycles. The summed E-state index contributed by atoms with van der Waals surface area (Å²) in [4.78, 5) is 0. The molecule has 1 nitrogen and oxygen atoms in total. The van der Waals surface area contributed by atoms with Gasteiger partial charge in [-0.1, -0.05) is 200 Å². The van der Waals surface area contributed by atoms with Gasteiger partial charge in [-0.2, -0.15) is 0 Å². The first-order valence-corrected chi connectivity index (χ1v) is 20.3. The summed E-state index contributed by atoms with van der Waals surface area (Å²) >= 11 is 0. The lowest BCUT2D eigenvalue weighted by Gasteiger charge is -2.15. The number of rotatable bonds is 7. The Morgan fingerprint density at radius 3 is 1.20 bits per heavy atom. The van der Waals surface area contributed by atoms with Crippen molar-refractivity contribution in [2.45, 2.75) is 0 Å². The van der Waals surface area contributed by atoms with E-state index in [1.807, 2.05) is 0 Å². The Balaban J connectivity index is 1.12. The largest absolute Gasteiger partial charge is 0.316 e. The number of fused-ring (bicyclic) bond motifs is 3. The number of nitrogens with zero attached hydrogens (tertiary/aromatic N) is 1. The molecule has 59 heavy (non-hydrogen) atoms. The first kappa shape index (κ1) is 34.5. The van der Waals surface area contributed by atoms with Crippen LogP contribution in [0.25, 0.3) is 105 Å². The number of benzene rings is 10. The molecule has 0 N–H and O–H groups in total. The predicted octanol–water partition coefficient (Wildman–Crippen LogP) is 15.9. The molecule has 1 aromatic heterocycles. The van der Waals surface area contributed by atoms with E-state index in [-0.39, 0.29) is 0 Å². The molecule has 0 amide bonds. The van der Waals surface area contributed by atoms with Crippen LogP contribution >= 0.6 is 0 Å². The van der Waals surface area contributed by atoms with E-state index >= 15 is 0 Å². The summed E-state index contributed by atoms with van der Waals surface area (Å²) in [5.74, 6) is 0. The van der Waals surface area contributed by atoms with Gasteiger partial charge in [-0.15, -0.1) is 0 Å². The first-order valence-electron chi connectivity index (χ1n) is 20.3. The van der Waals surface area contributed by atoms with E-state index in [0.717, 1.165) is 11.2 Å². The van der Waals surface area contributed by atoms with Crippen LogP contribution in [0.4, 0.5) is 0 Å². The third kappa shape index (κ3) is 6.40.